The summed E-state index contributed by atoms with van der Waals surface area (Å²) in [4.78, 5) is 36.3. The summed E-state index contributed by atoms with van der Waals surface area (Å²) in [7, 11) is 1.12. The molecule has 0 aromatic heterocycles. The molecule has 0 aliphatic rings. The third-order valence-corrected chi connectivity index (χ3v) is 2.39. The van der Waals surface area contributed by atoms with E-state index in [2.05, 4.69) is 4.52 Å². The summed E-state index contributed by atoms with van der Waals surface area (Å²) >= 11 is 0. The second-order valence-corrected chi connectivity index (χ2v) is 6.70. The van der Waals surface area contributed by atoms with E-state index in [1.54, 1.807) is 0 Å². The van der Waals surface area contributed by atoms with Crippen molar-refractivity contribution in [1.82, 2.24) is 0 Å². The van der Waals surface area contributed by atoms with Crippen LogP contribution in [0, 0.1) is 0 Å². The molecular weight excluding hydrogens is 362 g/mol. The number of nitrogens with two attached hydrogens (primary N) is 1. The average Bonchev–Trinajstić information content (AvgIpc) is 2.21. The molecule has 0 aliphatic carbocycles. The van der Waals surface area contributed by atoms with Crippen molar-refractivity contribution in [3.8, 4) is 0 Å². The Morgan fingerprint density at radius 1 is 1.22 bits per heavy atom. The summed E-state index contributed by atoms with van der Waals surface area (Å²) < 4.78 is 14.4. The summed E-state index contributed by atoms with van der Waals surface area (Å²) in [6, 6.07) is -1.41. The predicted octanol–water partition coefficient (Wildman–Crippen LogP) is -4.96. The van der Waals surface area contributed by atoms with Gasteiger partial charge in [0.05, 0.1) is 34.2 Å². The topological polar surface area (TPSA) is 188 Å². The number of aliphatic carboxylic acids is 2. The van der Waals surface area contributed by atoms with Gasteiger partial charge in [-0.05, 0) is 0 Å². The molecule has 0 aromatic carbocycles. The average molecular weight is 386 g/mol. The number of carbonyl (C=O) groups is 2. The molecule has 0 spiro atoms. The molecule has 0 amide bonds. The molecule has 7 N–H and O–H groups in total. The van der Waals surface area contributed by atoms with Crippen molar-refractivity contribution in [1.29, 1.82) is 0 Å². The minimum atomic E-state index is -4.60. The number of aliphatic hydroxyl groups excluding tert-OH is 1. The summed E-state index contributed by atoms with van der Waals surface area (Å²) in [5, 5.41) is 25.6. The van der Waals surface area contributed by atoms with Crippen LogP contribution in [0.25, 0.3) is 0 Å². The maximum atomic E-state index is 10.1. The van der Waals surface area contributed by atoms with E-state index in [0.717, 1.165) is 0 Å². The molecular formula is C10H24KN2O9P+2. The second-order valence-electron chi connectivity index (χ2n) is 5.46. The molecule has 13 heteroatoms. The SMILES string of the molecule is C[N+](C)(C)C[C@H](O)CC(=O)O.N[C@@H](COP(=O)(O)O)C(=O)O.[K+]. The maximum Gasteiger partial charge on any atom is 1.00 e. The molecule has 23 heavy (non-hydrogen) atoms. The van der Waals surface area contributed by atoms with Gasteiger partial charge in [-0.2, -0.15) is 0 Å². The molecule has 0 aliphatic heterocycles. The monoisotopic (exact) mass is 386 g/mol. The van der Waals surface area contributed by atoms with Gasteiger partial charge >= 0.3 is 71.1 Å². The van der Waals surface area contributed by atoms with Gasteiger partial charge in [-0.3, -0.25) is 14.1 Å². The number of carboxylic acid groups (broad SMARTS) is 2. The van der Waals surface area contributed by atoms with Crippen LogP contribution in [0.15, 0.2) is 0 Å². The van der Waals surface area contributed by atoms with Crippen molar-refractivity contribution in [3.63, 3.8) is 0 Å². The number of rotatable bonds is 8. The van der Waals surface area contributed by atoms with Gasteiger partial charge < -0.3 is 35.3 Å². The fraction of sp³-hybridized carbons (Fsp3) is 0.800. The molecule has 2 atom stereocenters. The van der Waals surface area contributed by atoms with Crippen LogP contribution >= 0.6 is 7.82 Å². The van der Waals surface area contributed by atoms with Crippen molar-refractivity contribution in [2.24, 2.45) is 5.73 Å². The van der Waals surface area contributed by atoms with Gasteiger partial charge in [-0.15, -0.1) is 0 Å². The van der Waals surface area contributed by atoms with Gasteiger partial charge in [-0.25, -0.2) is 4.57 Å². The van der Waals surface area contributed by atoms with Crippen LogP contribution in [0.4, 0.5) is 0 Å². The first-order chi connectivity index (χ1) is 9.64. The van der Waals surface area contributed by atoms with E-state index in [1.165, 1.54) is 0 Å². The Morgan fingerprint density at radius 3 is 1.91 bits per heavy atom. The predicted molar refractivity (Wildman–Crippen MR) is 74.8 cm³/mol. The summed E-state index contributed by atoms with van der Waals surface area (Å²) in [6.07, 6.45) is -0.914. The summed E-state index contributed by atoms with van der Waals surface area (Å²) in [5.74, 6) is -2.33. The van der Waals surface area contributed by atoms with E-state index in [0.29, 0.717) is 11.0 Å². The van der Waals surface area contributed by atoms with Crippen LogP contribution < -0.4 is 57.1 Å². The van der Waals surface area contributed by atoms with Gasteiger partial charge in [0.1, 0.15) is 18.7 Å². The molecule has 0 saturated carbocycles. The van der Waals surface area contributed by atoms with Crippen LogP contribution in [0.2, 0.25) is 0 Å². The number of nitrogens with zero attached hydrogens (tertiary/aromatic N) is 1. The zero-order valence-corrected chi connectivity index (χ0v) is 17.6. The molecule has 0 aromatic rings. The number of hydrogen-bond donors (Lipinski definition) is 6. The smallest absolute Gasteiger partial charge is 0.481 e. The van der Waals surface area contributed by atoms with Gasteiger partial charge in [0, 0.05) is 0 Å². The van der Waals surface area contributed by atoms with E-state index in [-0.39, 0.29) is 57.8 Å². The first-order valence-electron chi connectivity index (χ1n) is 6.03. The Bertz CT molecular complexity index is 410. The number of aliphatic hydroxyl groups is 1. The third-order valence-electron chi connectivity index (χ3n) is 1.91. The molecule has 0 fully saturated rings. The number of phosphoric ester groups is 1. The van der Waals surface area contributed by atoms with E-state index >= 15 is 0 Å². The number of hydrogen-bond acceptors (Lipinski definition) is 6. The largest absolute Gasteiger partial charge is 1.00 e. The molecule has 0 bridgehead atoms. The summed E-state index contributed by atoms with van der Waals surface area (Å²) in [6.45, 7) is -0.244. The third kappa shape index (κ3) is 24.9. The number of quaternary nitrogens is 1. The fourth-order valence-corrected chi connectivity index (χ4v) is 1.50. The first kappa shape index (κ1) is 28.4. The Hall–Kier alpha value is 0.566. The van der Waals surface area contributed by atoms with E-state index in [1.807, 2.05) is 21.1 Å². The molecule has 0 rings (SSSR count). The van der Waals surface area contributed by atoms with Crippen LogP contribution in [0.5, 0.6) is 0 Å². The molecule has 0 heterocycles. The van der Waals surface area contributed by atoms with Crippen molar-refractivity contribution >= 4 is 19.8 Å². The zero-order chi connectivity index (χ0) is 18.1. The van der Waals surface area contributed by atoms with Crippen molar-refractivity contribution in [3.05, 3.63) is 0 Å². The van der Waals surface area contributed by atoms with Crippen molar-refractivity contribution in [2.75, 3.05) is 34.3 Å². The van der Waals surface area contributed by atoms with Crippen LogP contribution in [0.1, 0.15) is 6.42 Å². The fourth-order valence-electron chi connectivity index (χ4n) is 1.15. The molecule has 0 saturated heterocycles. The Morgan fingerprint density at radius 2 is 1.65 bits per heavy atom. The Labute approximate surface area is 176 Å². The second kappa shape index (κ2) is 12.9. The van der Waals surface area contributed by atoms with E-state index in [9.17, 15) is 14.2 Å². The molecule has 11 nitrogen and oxygen atoms in total. The van der Waals surface area contributed by atoms with Gasteiger partial charge in [-0.1, -0.05) is 0 Å². The minimum Gasteiger partial charge on any atom is -0.481 e. The van der Waals surface area contributed by atoms with Crippen molar-refractivity contribution < 1.29 is 99.7 Å². The van der Waals surface area contributed by atoms with Crippen LogP contribution in [-0.2, 0) is 18.7 Å². The standard InChI is InChI=1S/C7H15NO3.C3H8NO6P.K/c1-8(2,3)5-6(9)4-7(10)11;4-2(3(5)6)1-10-11(7,8)9;/h6,9H,4-5H2,1-3H3;2H,1,4H2,(H,5,6)(H2,7,8,9);/q;;+1/p+1/t6-;2-;/m10./s1. The van der Waals surface area contributed by atoms with Gasteiger partial charge in [0.15, 0.2) is 0 Å². The maximum absolute atomic E-state index is 10.1. The van der Waals surface area contributed by atoms with Gasteiger partial charge in [0.2, 0.25) is 0 Å². The molecule has 0 radical (unpaired) electrons. The Kier molecular flexibility index (Phi) is 15.9. The minimum absolute atomic E-state index is 0. The first-order valence-corrected chi connectivity index (χ1v) is 7.56. The normalized spacial score (nSPS) is 13.9. The zero-order valence-electron chi connectivity index (χ0n) is 13.6. The number of carboxylic acids is 2. The van der Waals surface area contributed by atoms with Crippen LogP contribution in [-0.4, -0.2) is 88.0 Å². The number of phosphoric acid groups is 1. The van der Waals surface area contributed by atoms with E-state index in [4.69, 9.17) is 30.8 Å². The quantitative estimate of drug-likeness (QED) is 0.134. The number of likely N-dealkylation sites (N-methyl/N-ethyl adjacent to an activating group) is 1. The van der Waals surface area contributed by atoms with Crippen LogP contribution in [0.3, 0.4) is 0 Å². The Balaban J connectivity index is -0.000000333. The molecule has 0 unspecified atom stereocenters. The van der Waals surface area contributed by atoms with E-state index < -0.39 is 38.5 Å². The van der Waals surface area contributed by atoms with Crippen molar-refractivity contribution in [2.45, 2.75) is 18.6 Å². The summed E-state index contributed by atoms with van der Waals surface area (Å²) in [5.41, 5.74) is 4.86. The van der Waals surface area contributed by atoms with Gasteiger partial charge in [0.25, 0.3) is 0 Å². The molecule has 132 valence electrons.